The van der Waals surface area contributed by atoms with Crippen LogP contribution >= 0.6 is 11.8 Å². The molecule has 24 heavy (non-hydrogen) atoms. The van der Waals surface area contributed by atoms with Crippen LogP contribution in [-0.4, -0.2) is 15.1 Å². The highest BCUT2D eigenvalue weighted by Crippen LogP contribution is 2.30. The second-order valence-electron chi connectivity index (χ2n) is 5.20. The van der Waals surface area contributed by atoms with Gasteiger partial charge in [-0.15, -0.1) is 0 Å². The number of nitrogens with two attached hydrogens (primary N) is 1. The van der Waals surface area contributed by atoms with Crippen molar-refractivity contribution in [1.29, 1.82) is 0 Å². The Labute approximate surface area is 145 Å². The van der Waals surface area contributed by atoms with E-state index in [1.165, 1.54) is 0 Å². The van der Waals surface area contributed by atoms with Crippen molar-refractivity contribution in [3.63, 3.8) is 0 Å². The van der Waals surface area contributed by atoms with Gasteiger partial charge in [0.25, 0.3) is 0 Å². The summed E-state index contributed by atoms with van der Waals surface area (Å²) < 4.78 is 0. The highest BCUT2D eigenvalue weighted by molar-refractivity contribution is 7.99. The number of aromatic nitrogens is 2. The van der Waals surface area contributed by atoms with Crippen LogP contribution < -0.4 is 11.1 Å². The number of phenolic OH excluding ortho intramolecular Hbond substituents is 1. The smallest absolute Gasteiger partial charge is 0.222 e. The highest BCUT2D eigenvalue weighted by atomic mass is 32.2. The lowest BCUT2D eigenvalue weighted by Gasteiger charge is -2.08. The number of anilines is 3. The standard InChI is InChI=1S/C18H18N4OS/c1-2-12-11-17(22-18(19)21-12)20-13-3-7-15(8-4-13)24-16-9-5-14(23)6-10-16/h3-11,23H,2H2,1H3,(H3,19,20,21,22). The van der Waals surface area contributed by atoms with Gasteiger partial charge in [-0.2, -0.15) is 4.98 Å². The number of benzene rings is 2. The fourth-order valence-corrected chi connectivity index (χ4v) is 2.98. The van der Waals surface area contributed by atoms with Crippen LogP contribution in [0.3, 0.4) is 0 Å². The van der Waals surface area contributed by atoms with Crippen LogP contribution in [0, 0.1) is 0 Å². The van der Waals surface area contributed by atoms with Gasteiger partial charge in [0.1, 0.15) is 11.6 Å². The fourth-order valence-electron chi connectivity index (χ4n) is 2.17. The van der Waals surface area contributed by atoms with Crippen LogP contribution in [0.25, 0.3) is 0 Å². The Balaban J connectivity index is 1.70. The topological polar surface area (TPSA) is 84.1 Å². The maximum absolute atomic E-state index is 9.32. The van der Waals surface area contributed by atoms with Gasteiger partial charge in [-0.25, -0.2) is 4.98 Å². The number of hydrogen-bond acceptors (Lipinski definition) is 6. The van der Waals surface area contributed by atoms with Crippen molar-refractivity contribution in [3.05, 3.63) is 60.3 Å². The van der Waals surface area contributed by atoms with Crippen LogP contribution in [0.1, 0.15) is 12.6 Å². The second-order valence-corrected chi connectivity index (χ2v) is 6.35. The lowest BCUT2D eigenvalue weighted by Crippen LogP contribution is -2.02. The molecule has 1 aromatic heterocycles. The second kappa shape index (κ2) is 7.23. The molecule has 3 aromatic rings. The molecule has 0 spiro atoms. The van der Waals surface area contributed by atoms with Crippen molar-refractivity contribution in [3.8, 4) is 5.75 Å². The summed E-state index contributed by atoms with van der Waals surface area (Å²) >= 11 is 1.64. The van der Waals surface area contributed by atoms with Gasteiger partial charge in [0.15, 0.2) is 0 Å². The van der Waals surface area contributed by atoms with Gasteiger partial charge in [0.2, 0.25) is 5.95 Å². The first-order valence-corrected chi connectivity index (χ1v) is 8.41. The molecule has 0 aliphatic carbocycles. The van der Waals surface area contributed by atoms with Gasteiger partial charge in [-0.3, -0.25) is 0 Å². The minimum absolute atomic E-state index is 0.273. The quantitative estimate of drug-likeness (QED) is 0.646. The number of phenols is 1. The summed E-state index contributed by atoms with van der Waals surface area (Å²) in [6, 6.07) is 17.1. The van der Waals surface area contributed by atoms with E-state index in [9.17, 15) is 5.11 Å². The first-order valence-electron chi connectivity index (χ1n) is 7.60. The minimum atomic E-state index is 0.273. The van der Waals surface area contributed by atoms with Crippen LogP contribution in [-0.2, 0) is 6.42 Å². The van der Waals surface area contributed by atoms with Gasteiger partial charge in [0.05, 0.1) is 0 Å². The average molecular weight is 338 g/mol. The van der Waals surface area contributed by atoms with Crippen LogP contribution in [0.15, 0.2) is 64.4 Å². The minimum Gasteiger partial charge on any atom is -0.508 e. The Morgan fingerprint density at radius 3 is 2.25 bits per heavy atom. The van der Waals surface area contributed by atoms with E-state index in [1.54, 1.807) is 23.9 Å². The van der Waals surface area contributed by atoms with E-state index in [4.69, 9.17) is 5.73 Å². The molecule has 0 aliphatic heterocycles. The van der Waals surface area contributed by atoms with Crippen molar-refractivity contribution in [2.75, 3.05) is 11.1 Å². The predicted octanol–water partition coefficient (Wildman–Crippen LogP) is 4.22. The Bertz CT molecular complexity index is 819. The van der Waals surface area contributed by atoms with Crippen LogP contribution in [0.2, 0.25) is 0 Å². The summed E-state index contributed by atoms with van der Waals surface area (Å²) in [7, 11) is 0. The highest BCUT2D eigenvalue weighted by Gasteiger charge is 2.03. The van der Waals surface area contributed by atoms with E-state index in [-0.39, 0.29) is 11.7 Å². The summed E-state index contributed by atoms with van der Waals surface area (Å²) in [5.41, 5.74) is 7.57. The summed E-state index contributed by atoms with van der Waals surface area (Å²) in [5.74, 6) is 1.24. The summed E-state index contributed by atoms with van der Waals surface area (Å²) in [4.78, 5) is 10.6. The summed E-state index contributed by atoms with van der Waals surface area (Å²) in [6.45, 7) is 2.03. The summed E-state index contributed by atoms with van der Waals surface area (Å²) in [5, 5.41) is 12.6. The Kier molecular flexibility index (Phi) is 4.86. The molecule has 0 bridgehead atoms. The van der Waals surface area contributed by atoms with E-state index >= 15 is 0 Å². The molecule has 0 atom stereocenters. The molecule has 2 aromatic carbocycles. The first kappa shape index (κ1) is 16.1. The fraction of sp³-hybridized carbons (Fsp3) is 0.111. The zero-order chi connectivity index (χ0) is 16.9. The average Bonchev–Trinajstić information content (AvgIpc) is 2.58. The van der Waals surface area contributed by atoms with Crippen molar-refractivity contribution >= 4 is 29.2 Å². The largest absolute Gasteiger partial charge is 0.508 e. The maximum Gasteiger partial charge on any atom is 0.222 e. The number of aromatic hydroxyl groups is 1. The number of aryl methyl sites for hydroxylation is 1. The maximum atomic E-state index is 9.32. The van der Waals surface area contributed by atoms with E-state index in [0.717, 1.165) is 27.6 Å². The number of nitrogens with one attached hydrogen (secondary N) is 1. The number of nitrogen functional groups attached to an aromatic ring is 1. The number of rotatable bonds is 5. The number of hydrogen-bond donors (Lipinski definition) is 3. The molecular formula is C18H18N4OS. The molecule has 122 valence electrons. The zero-order valence-electron chi connectivity index (χ0n) is 13.2. The van der Waals surface area contributed by atoms with E-state index < -0.39 is 0 Å². The van der Waals surface area contributed by atoms with E-state index in [1.807, 2.05) is 49.4 Å². The molecule has 0 saturated heterocycles. The lowest BCUT2D eigenvalue weighted by molar-refractivity contribution is 0.475. The normalized spacial score (nSPS) is 10.5. The van der Waals surface area contributed by atoms with Gasteiger partial charge in [-0.05, 0) is 55.0 Å². The van der Waals surface area contributed by atoms with E-state index in [0.29, 0.717) is 5.82 Å². The first-order chi connectivity index (χ1) is 11.6. The third-order valence-electron chi connectivity index (χ3n) is 3.36. The molecule has 0 fully saturated rings. The Morgan fingerprint density at radius 2 is 1.62 bits per heavy atom. The lowest BCUT2D eigenvalue weighted by atomic mass is 10.3. The summed E-state index contributed by atoms with van der Waals surface area (Å²) in [6.07, 6.45) is 0.809. The monoisotopic (exact) mass is 338 g/mol. The molecule has 0 aliphatic rings. The third-order valence-corrected chi connectivity index (χ3v) is 4.37. The molecule has 1 heterocycles. The molecular weight excluding hydrogens is 320 g/mol. The zero-order valence-corrected chi connectivity index (χ0v) is 14.0. The van der Waals surface area contributed by atoms with E-state index in [2.05, 4.69) is 15.3 Å². The molecule has 6 heteroatoms. The van der Waals surface area contributed by atoms with Gasteiger partial charge in [0, 0.05) is 27.2 Å². The third kappa shape index (κ3) is 4.17. The van der Waals surface area contributed by atoms with Crippen molar-refractivity contribution < 1.29 is 5.11 Å². The van der Waals surface area contributed by atoms with Crippen LogP contribution in [0.5, 0.6) is 5.75 Å². The Morgan fingerprint density at radius 1 is 1.00 bits per heavy atom. The Hall–Kier alpha value is -2.73. The van der Waals surface area contributed by atoms with Crippen molar-refractivity contribution in [2.24, 2.45) is 0 Å². The number of nitrogens with zero attached hydrogens (tertiary/aromatic N) is 2. The van der Waals surface area contributed by atoms with Gasteiger partial charge < -0.3 is 16.2 Å². The van der Waals surface area contributed by atoms with Gasteiger partial charge >= 0.3 is 0 Å². The SMILES string of the molecule is CCc1cc(Nc2ccc(Sc3ccc(O)cc3)cc2)nc(N)n1. The molecule has 5 nitrogen and oxygen atoms in total. The van der Waals surface area contributed by atoms with Gasteiger partial charge in [-0.1, -0.05) is 18.7 Å². The molecule has 0 unspecified atom stereocenters. The molecule has 3 rings (SSSR count). The van der Waals surface area contributed by atoms with Crippen molar-refractivity contribution in [2.45, 2.75) is 23.1 Å². The predicted molar refractivity (Wildman–Crippen MR) is 97.8 cm³/mol. The molecule has 0 amide bonds. The molecule has 4 N–H and O–H groups in total. The van der Waals surface area contributed by atoms with Crippen molar-refractivity contribution in [1.82, 2.24) is 9.97 Å². The molecule has 0 radical (unpaired) electrons. The molecule has 0 saturated carbocycles. The van der Waals surface area contributed by atoms with Crippen LogP contribution in [0.4, 0.5) is 17.5 Å².